The van der Waals surface area contributed by atoms with E-state index in [4.69, 9.17) is 21.1 Å². The fourth-order valence-corrected chi connectivity index (χ4v) is 3.83. The second-order valence-corrected chi connectivity index (χ2v) is 7.20. The number of amides is 2. The molecule has 7 heteroatoms. The van der Waals surface area contributed by atoms with Crippen LogP contribution in [0, 0.1) is 0 Å². The van der Waals surface area contributed by atoms with Crippen LogP contribution in [-0.2, 0) is 11.2 Å². The first kappa shape index (κ1) is 17.0. The van der Waals surface area contributed by atoms with Crippen LogP contribution in [0.2, 0.25) is 5.02 Å². The lowest BCUT2D eigenvalue weighted by Crippen LogP contribution is -2.30. The zero-order valence-corrected chi connectivity index (χ0v) is 15.2. The van der Waals surface area contributed by atoms with Crippen molar-refractivity contribution in [2.75, 3.05) is 13.3 Å². The Morgan fingerprint density at radius 2 is 1.85 bits per heavy atom. The van der Waals surface area contributed by atoms with Crippen LogP contribution in [0.3, 0.4) is 0 Å². The zero-order valence-electron chi connectivity index (χ0n) is 13.6. The highest BCUT2D eigenvalue weighted by Gasteiger charge is 2.34. The Bertz CT molecular complexity index is 913. The number of ether oxygens (including phenoxy) is 2. The van der Waals surface area contributed by atoms with Crippen LogP contribution >= 0.6 is 23.4 Å². The quantitative estimate of drug-likeness (QED) is 0.730. The Labute approximate surface area is 159 Å². The van der Waals surface area contributed by atoms with E-state index < -0.39 is 0 Å². The molecule has 2 heterocycles. The van der Waals surface area contributed by atoms with Crippen molar-refractivity contribution in [3.63, 3.8) is 0 Å². The molecule has 5 nitrogen and oxygen atoms in total. The largest absolute Gasteiger partial charge is 0.454 e. The van der Waals surface area contributed by atoms with Crippen LogP contribution in [0.5, 0.6) is 11.5 Å². The number of halogens is 1. The molecule has 0 unspecified atom stereocenters. The molecule has 1 saturated heterocycles. The van der Waals surface area contributed by atoms with Crippen molar-refractivity contribution in [3.8, 4) is 11.5 Å². The minimum absolute atomic E-state index is 0.144. The number of fused-ring (bicyclic) bond motifs is 1. The third kappa shape index (κ3) is 3.30. The smallest absolute Gasteiger partial charge is 0.293 e. The summed E-state index contributed by atoms with van der Waals surface area (Å²) in [4.78, 5) is 26.5. The van der Waals surface area contributed by atoms with Gasteiger partial charge in [-0.3, -0.25) is 14.5 Å². The number of rotatable bonds is 4. The average Bonchev–Trinajstić information content (AvgIpc) is 3.19. The Balaban J connectivity index is 1.52. The van der Waals surface area contributed by atoms with Crippen LogP contribution in [-0.4, -0.2) is 29.4 Å². The van der Waals surface area contributed by atoms with Crippen molar-refractivity contribution >= 4 is 40.6 Å². The van der Waals surface area contributed by atoms with E-state index in [0.717, 1.165) is 17.3 Å². The van der Waals surface area contributed by atoms with Crippen molar-refractivity contribution in [1.82, 2.24) is 4.90 Å². The van der Waals surface area contributed by atoms with Gasteiger partial charge < -0.3 is 9.47 Å². The van der Waals surface area contributed by atoms with Gasteiger partial charge in [-0.05, 0) is 41.5 Å². The van der Waals surface area contributed by atoms with E-state index in [1.54, 1.807) is 18.2 Å². The highest BCUT2D eigenvalue weighted by Crippen LogP contribution is 2.39. The van der Waals surface area contributed by atoms with Crippen molar-refractivity contribution < 1.29 is 19.1 Å². The maximum atomic E-state index is 12.6. The molecule has 0 aliphatic carbocycles. The van der Waals surface area contributed by atoms with Crippen LogP contribution in [0.1, 0.15) is 11.1 Å². The molecule has 2 aliphatic heterocycles. The molecule has 132 valence electrons. The van der Waals surface area contributed by atoms with Gasteiger partial charge in [0.2, 0.25) is 6.79 Å². The zero-order chi connectivity index (χ0) is 18.1. The molecule has 2 aromatic rings. The van der Waals surface area contributed by atoms with Crippen LogP contribution in [0.4, 0.5) is 4.79 Å². The minimum Gasteiger partial charge on any atom is -0.454 e. The standard InChI is InChI=1S/C19H14ClNO4S/c20-14-10-16-15(24-11-25-16)8-13(14)9-17-18(22)21(19(23)26-17)7-6-12-4-2-1-3-5-12/h1-5,8-10H,6-7,11H2/b17-9-. The number of hydrogen-bond acceptors (Lipinski definition) is 5. The van der Waals surface area contributed by atoms with E-state index in [-0.39, 0.29) is 17.9 Å². The summed E-state index contributed by atoms with van der Waals surface area (Å²) < 4.78 is 10.6. The van der Waals surface area contributed by atoms with Gasteiger partial charge >= 0.3 is 0 Å². The maximum Gasteiger partial charge on any atom is 0.293 e. The molecule has 26 heavy (non-hydrogen) atoms. The van der Waals surface area contributed by atoms with E-state index >= 15 is 0 Å². The van der Waals surface area contributed by atoms with Crippen LogP contribution in [0.25, 0.3) is 6.08 Å². The first-order valence-electron chi connectivity index (χ1n) is 8.00. The molecule has 0 aromatic heterocycles. The minimum atomic E-state index is -0.301. The monoisotopic (exact) mass is 387 g/mol. The van der Waals surface area contributed by atoms with Gasteiger partial charge in [-0.2, -0.15) is 0 Å². The van der Waals surface area contributed by atoms with E-state index in [1.165, 1.54) is 4.90 Å². The fraction of sp³-hybridized carbons (Fsp3) is 0.158. The van der Waals surface area contributed by atoms with E-state index in [1.807, 2.05) is 30.3 Å². The number of hydrogen-bond donors (Lipinski definition) is 0. The summed E-state index contributed by atoms with van der Waals surface area (Å²) >= 11 is 7.17. The summed E-state index contributed by atoms with van der Waals surface area (Å²) in [5.41, 5.74) is 1.69. The van der Waals surface area contributed by atoms with E-state index in [2.05, 4.69) is 0 Å². The Morgan fingerprint density at radius 3 is 2.62 bits per heavy atom. The fourth-order valence-electron chi connectivity index (χ4n) is 2.76. The molecule has 0 atom stereocenters. The van der Waals surface area contributed by atoms with Gasteiger partial charge in [-0.1, -0.05) is 41.9 Å². The summed E-state index contributed by atoms with van der Waals surface area (Å²) in [6.07, 6.45) is 2.24. The number of thioether (sulfide) groups is 1. The first-order valence-corrected chi connectivity index (χ1v) is 9.20. The van der Waals surface area contributed by atoms with Gasteiger partial charge in [-0.15, -0.1) is 0 Å². The second kappa shape index (κ2) is 7.05. The molecule has 2 aliphatic rings. The lowest BCUT2D eigenvalue weighted by atomic mass is 10.1. The van der Waals surface area contributed by atoms with Gasteiger partial charge in [0.1, 0.15) is 0 Å². The Morgan fingerprint density at radius 1 is 1.12 bits per heavy atom. The van der Waals surface area contributed by atoms with E-state index in [9.17, 15) is 9.59 Å². The molecule has 0 N–H and O–H groups in total. The van der Waals surface area contributed by atoms with Crippen molar-refractivity contribution in [3.05, 3.63) is 63.5 Å². The Kier molecular flexibility index (Phi) is 4.61. The highest BCUT2D eigenvalue weighted by atomic mass is 35.5. The van der Waals surface area contributed by atoms with Gasteiger partial charge in [-0.25, -0.2) is 0 Å². The summed E-state index contributed by atoms with van der Waals surface area (Å²) in [5.74, 6) is 0.844. The normalized spacial score (nSPS) is 17.4. The Hall–Kier alpha value is -2.44. The molecule has 2 amide bonds. The summed E-state index contributed by atoms with van der Waals surface area (Å²) in [6, 6.07) is 13.1. The van der Waals surface area contributed by atoms with Crippen molar-refractivity contribution in [2.24, 2.45) is 0 Å². The molecule has 0 saturated carbocycles. The molecule has 0 bridgehead atoms. The molecule has 2 aromatic carbocycles. The maximum absolute atomic E-state index is 12.6. The lowest BCUT2D eigenvalue weighted by molar-refractivity contribution is -0.122. The summed E-state index contributed by atoms with van der Waals surface area (Å²) in [5, 5.41) is 0.166. The molecule has 4 rings (SSSR count). The molecule has 0 spiro atoms. The van der Waals surface area contributed by atoms with Crippen molar-refractivity contribution in [1.29, 1.82) is 0 Å². The lowest BCUT2D eigenvalue weighted by Gasteiger charge is -2.12. The van der Waals surface area contributed by atoms with Gasteiger partial charge in [0.05, 0.1) is 9.93 Å². The number of imide groups is 1. The third-order valence-electron chi connectivity index (χ3n) is 4.12. The topological polar surface area (TPSA) is 55.8 Å². The first-order chi connectivity index (χ1) is 12.6. The third-order valence-corrected chi connectivity index (χ3v) is 5.35. The number of carbonyl (C=O) groups is 2. The van der Waals surface area contributed by atoms with E-state index in [0.29, 0.717) is 40.0 Å². The highest BCUT2D eigenvalue weighted by molar-refractivity contribution is 8.18. The van der Waals surface area contributed by atoms with Crippen molar-refractivity contribution in [2.45, 2.75) is 6.42 Å². The molecular weight excluding hydrogens is 374 g/mol. The predicted octanol–water partition coefficient (Wildman–Crippen LogP) is 4.35. The molecule has 0 radical (unpaired) electrons. The summed E-state index contributed by atoms with van der Waals surface area (Å²) in [7, 11) is 0. The van der Waals surface area contributed by atoms with Crippen LogP contribution in [0.15, 0.2) is 47.4 Å². The number of carbonyl (C=O) groups excluding carboxylic acids is 2. The molecule has 1 fully saturated rings. The van der Waals surface area contributed by atoms with Crippen LogP contribution < -0.4 is 9.47 Å². The number of benzene rings is 2. The van der Waals surface area contributed by atoms with Gasteiger partial charge in [0, 0.05) is 12.6 Å². The summed E-state index contributed by atoms with van der Waals surface area (Å²) in [6.45, 7) is 0.492. The second-order valence-electron chi connectivity index (χ2n) is 5.80. The SMILES string of the molecule is O=C1S/C(=C\c2cc3c(cc2Cl)OCO3)C(=O)N1CCc1ccccc1. The average molecular weight is 388 g/mol. The predicted molar refractivity (Wildman–Crippen MR) is 100 cm³/mol. The number of nitrogens with zero attached hydrogens (tertiary/aromatic N) is 1. The van der Waals surface area contributed by atoms with Gasteiger partial charge in [0.15, 0.2) is 11.5 Å². The molecular formula is C19H14ClNO4S. The van der Waals surface area contributed by atoms with Gasteiger partial charge in [0.25, 0.3) is 11.1 Å².